The van der Waals surface area contributed by atoms with Crippen LogP contribution in [0.1, 0.15) is 31.2 Å². The first-order valence-electron chi connectivity index (χ1n) is 8.89. The van der Waals surface area contributed by atoms with Gasteiger partial charge < -0.3 is 11.1 Å². The molecule has 1 aromatic carbocycles. The van der Waals surface area contributed by atoms with Gasteiger partial charge in [0.05, 0.1) is 5.52 Å². The van der Waals surface area contributed by atoms with E-state index in [-0.39, 0.29) is 0 Å². The molecule has 1 aliphatic rings. The molecule has 0 spiro atoms. The third-order valence-corrected chi connectivity index (χ3v) is 5.03. The number of fused-ring (bicyclic) bond motifs is 1. The van der Waals surface area contributed by atoms with E-state index in [0.29, 0.717) is 18.0 Å². The normalized spacial score (nSPS) is 20.6. The molecule has 1 fully saturated rings. The van der Waals surface area contributed by atoms with Crippen LogP contribution in [0, 0.1) is 6.92 Å². The summed E-state index contributed by atoms with van der Waals surface area (Å²) < 4.78 is 0. The third kappa shape index (κ3) is 3.46. The Bertz CT molecular complexity index is 884. The number of pyridine rings is 1. The minimum atomic E-state index is 0.352. The molecular weight excluding hydrogens is 310 g/mol. The van der Waals surface area contributed by atoms with Gasteiger partial charge in [0.15, 0.2) is 0 Å². The van der Waals surface area contributed by atoms with Crippen molar-refractivity contribution < 1.29 is 0 Å². The lowest BCUT2D eigenvalue weighted by Gasteiger charge is -2.26. The molecule has 128 valence electrons. The van der Waals surface area contributed by atoms with Crippen molar-refractivity contribution in [2.45, 2.75) is 44.7 Å². The topological polar surface area (TPSA) is 76.7 Å². The number of aryl methyl sites for hydroxylation is 1. The maximum Gasteiger partial charge on any atom is 0.223 e. The lowest BCUT2D eigenvalue weighted by atomic mass is 9.92. The van der Waals surface area contributed by atoms with Crippen molar-refractivity contribution in [3.63, 3.8) is 0 Å². The van der Waals surface area contributed by atoms with E-state index in [0.717, 1.165) is 47.7 Å². The summed E-state index contributed by atoms with van der Waals surface area (Å²) in [5.74, 6) is 0.707. The summed E-state index contributed by atoms with van der Waals surface area (Å²) in [4.78, 5) is 13.4. The van der Waals surface area contributed by atoms with Crippen LogP contribution < -0.4 is 11.1 Å². The second-order valence-electron chi connectivity index (χ2n) is 6.91. The fourth-order valence-corrected chi connectivity index (χ4v) is 3.48. The van der Waals surface area contributed by atoms with Gasteiger partial charge in [-0.1, -0.05) is 6.07 Å². The number of aromatic nitrogens is 3. The van der Waals surface area contributed by atoms with E-state index >= 15 is 0 Å². The summed E-state index contributed by atoms with van der Waals surface area (Å²) in [6.45, 7) is 2.10. The molecule has 4 rings (SSSR count). The molecule has 0 amide bonds. The van der Waals surface area contributed by atoms with E-state index in [2.05, 4.69) is 45.4 Å². The van der Waals surface area contributed by atoms with Crippen molar-refractivity contribution in [3.8, 4) is 11.1 Å². The van der Waals surface area contributed by atoms with Gasteiger partial charge in [-0.2, -0.15) is 0 Å². The number of hydrogen-bond acceptors (Lipinski definition) is 5. The summed E-state index contributed by atoms with van der Waals surface area (Å²) in [6.07, 6.45) is 9.93. The summed E-state index contributed by atoms with van der Waals surface area (Å²) in [5, 5.41) is 4.50. The molecule has 2 heterocycles. The predicted octanol–water partition coefficient (Wildman–Crippen LogP) is 3.68. The largest absolute Gasteiger partial charge is 0.351 e. The number of nitrogens with zero attached hydrogens (tertiary/aromatic N) is 3. The van der Waals surface area contributed by atoms with E-state index < -0.39 is 0 Å². The number of hydrogen-bond donors (Lipinski definition) is 2. The number of nitrogens with one attached hydrogen (secondary N) is 1. The highest BCUT2D eigenvalue weighted by molar-refractivity contribution is 5.85. The van der Waals surface area contributed by atoms with Crippen LogP contribution in [0.25, 0.3) is 22.0 Å². The maximum absolute atomic E-state index is 5.97. The maximum atomic E-state index is 5.97. The lowest BCUT2D eigenvalue weighted by Crippen LogP contribution is -2.33. The van der Waals surface area contributed by atoms with Gasteiger partial charge in [0.25, 0.3) is 0 Å². The standard InChI is InChI=1S/C20H23N5/c1-13-8-9-22-12-18(13)14-2-7-19-15(10-14)11-23-20(25-19)24-17-5-3-16(21)4-6-17/h2,7-12,16-17H,3-6,21H2,1H3,(H,23,24,25). The highest BCUT2D eigenvalue weighted by Crippen LogP contribution is 2.26. The molecule has 0 unspecified atom stereocenters. The van der Waals surface area contributed by atoms with Gasteiger partial charge in [-0.25, -0.2) is 9.97 Å². The van der Waals surface area contributed by atoms with Crippen LogP contribution in [-0.4, -0.2) is 27.0 Å². The van der Waals surface area contributed by atoms with Gasteiger partial charge >= 0.3 is 0 Å². The monoisotopic (exact) mass is 333 g/mol. The average molecular weight is 333 g/mol. The van der Waals surface area contributed by atoms with Crippen LogP contribution >= 0.6 is 0 Å². The zero-order chi connectivity index (χ0) is 17.2. The number of rotatable bonds is 3. The van der Waals surface area contributed by atoms with Gasteiger partial charge in [0.1, 0.15) is 0 Å². The second-order valence-corrected chi connectivity index (χ2v) is 6.91. The van der Waals surface area contributed by atoms with Crippen LogP contribution in [0.4, 0.5) is 5.95 Å². The molecule has 0 radical (unpaired) electrons. The van der Waals surface area contributed by atoms with Crippen molar-refractivity contribution >= 4 is 16.9 Å². The molecule has 0 aliphatic heterocycles. The van der Waals surface area contributed by atoms with E-state index in [1.165, 1.54) is 5.56 Å². The fraction of sp³-hybridized carbons (Fsp3) is 0.350. The molecule has 3 aromatic rings. The van der Waals surface area contributed by atoms with Gasteiger partial charge in [0, 0.05) is 41.6 Å². The SMILES string of the molecule is Cc1ccncc1-c1ccc2nc(NC3CCC(N)CC3)ncc2c1. The molecule has 5 nitrogen and oxygen atoms in total. The molecule has 25 heavy (non-hydrogen) atoms. The summed E-state index contributed by atoms with van der Waals surface area (Å²) in [7, 11) is 0. The number of benzene rings is 1. The molecule has 1 aliphatic carbocycles. The fourth-order valence-electron chi connectivity index (χ4n) is 3.48. The third-order valence-electron chi connectivity index (χ3n) is 5.03. The molecule has 5 heteroatoms. The Morgan fingerprint density at radius 2 is 1.92 bits per heavy atom. The number of anilines is 1. The van der Waals surface area contributed by atoms with E-state index in [4.69, 9.17) is 5.73 Å². The molecule has 0 atom stereocenters. The Morgan fingerprint density at radius 3 is 2.72 bits per heavy atom. The summed E-state index contributed by atoms with van der Waals surface area (Å²) >= 11 is 0. The van der Waals surface area contributed by atoms with Gasteiger partial charge in [-0.3, -0.25) is 4.98 Å². The van der Waals surface area contributed by atoms with E-state index in [9.17, 15) is 0 Å². The van der Waals surface area contributed by atoms with Crippen molar-refractivity contribution in [2.75, 3.05) is 5.32 Å². The van der Waals surface area contributed by atoms with Crippen molar-refractivity contribution in [2.24, 2.45) is 5.73 Å². The molecule has 3 N–H and O–H groups in total. The molecule has 2 aromatic heterocycles. The van der Waals surface area contributed by atoms with Crippen molar-refractivity contribution in [3.05, 3.63) is 48.4 Å². The molecule has 0 saturated heterocycles. The van der Waals surface area contributed by atoms with Crippen LogP contribution in [0.2, 0.25) is 0 Å². The van der Waals surface area contributed by atoms with Crippen LogP contribution in [-0.2, 0) is 0 Å². The smallest absolute Gasteiger partial charge is 0.223 e. The first-order valence-corrected chi connectivity index (χ1v) is 8.89. The lowest BCUT2D eigenvalue weighted by molar-refractivity contribution is 0.410. The van der Waals surface area contributed by atoms with E-state index in [1.54, 1.807) is 0 Å². The van der Waals surface area contributed by atoms with E-state index in [1.807, 2.05) is 24.7 Å². The molecular formula is C20H23N5. The van der Waals surface area contributed by atoms with Crippen molar-refractivity contribution in [1.82, 2.24) is 15.0 Å². The van der Waals surface area contributed by atoms with Gasteiger partial charge in [-0.05, 0) is 61.9 Å². The Morgan fingerprint density at radius 1 is 1.08 bits per heavy atom. The Balaban J connectivity index is 1.58. The quantitative estimate of drug-likeness (QED) is 0.764. The minimum absolute atomic E-state index is 0.352. The minimum Gasteiger partial charge on any atom is -0.351 e. The first kappa shape index (κ1) is 16.0. The predicted molar refractivity (Wildman–Crippen MR) is 101 cm³/mol. The highest BCUT2D eigenvalue weighted by atomic mass is 15.1. The number of nitrogens with two attached hydrogens (primary N) is 1. The summed E-state index contributed by atoms with van der Waals surface area (Å²) in [6, 6.07) is 9.09. The van der Waals surface area contributed by atoms with Crippen LogP contribution in [0.15, 0.2) is 42.9 Å². The average Bonchev–Trinajstić information content (AvgIpc) is 2.64. The first-order chi connectivity index (χ1) is 12.2. The van der Waals surface area contributed by atoms with Crippen LogP contribution in [0.3, 0.4) is 0 Å². The van der Waals surface area contributed by atoms with Gasteiger partial charge in [-0.15, -0.1) is 0 Å². The molecule has 1 saturated carbocycles. The Hall–Kier alpha value is -2.53. The van der Waals surface area contributed by atoms with Gasteiger partial charge in [0.2, 0.25) is 5.95 Å². The second kappa shape index (κ2) is 6.76. The molecule has 0 bridgehead atoms. The Labute approximate surface area is 147 Å². The highest BCUT2D eigenvalue weighted by Gasteiger charge is 2.19. The van der Waals surface area contributed by atoms with Crippen LogP contribution in [0.5, 0.6) is 0 Å². The zero-order valence-corrected chi connectivity index (χ0v) is 14.4. The zero-order valence-electron chi connectivity index (χ0n) is 14.4. The van der Waals surface area contributed by atoms with Crippen molar-refractivity contribution in [1.29, 1.82) is 0 Å². The summed E-state index contributed by atoms with van der Waals surface area (Å²) in [5.41, 5.74) is 10.4. The Kier molecular flexibility index (Phi) is 4.32.